The van der Waals surface area contributed by atoms with Gasteiger partial charge in [0, 0.05) is 36.0 Å². The third-order valence-corrected chi connectivity index (χ3v) is 5.35. The van der Waals surface area contributed by atoms with Gasteiger partial charge in [-0.3, -0.25) is 0 Å². The second kappa shape index (κ2) is 9.39. The van der Waals surface area contributed by atoms with Crippen molar-refractivity contribution in [2.24, 2.45) is 0 Å². The van der Waals surface area contributed by atoms with Crippen LogP contribution in [0.1, 0.15) is 31.9 Å². The van der Waals surface area contributed by atoms with E-state index in [1.165, 1.54) is 0 Å². The number of benzene rings is 3. The fraction of sp³-hybridized carbons (Fsp3) is 0.143. The molecule has 1 aromatic heterocycles. The standard InChI is InChI=1S/C28H23N2.Ir/c1-18-10-11-24(15-25(18)23-8-6-5-7-9-23)27-14-19(2)26(17-30-27)28-20(3)12-22(16-29)13-21(28)4;/h5-10,12-15,17H,1-4H3;/q-1;/i1D3;. The maximum Gasteiger partial charge on any atom is 0.0991 e. The van der Waals surface area contributed by atoms with E-state index in [1.54, 1.807) is 6.07 Å². The van der Waals surface area contributed by atoms with E-state index in [2.05, 4.69) is 12.1 Å². The fourth-order valence-corrected chi connectivity index (χ4v) is 3.91. The van der Waals surface area contributed by atoms with Crippen molar-refractivity contribution >= 4 is 0 Å². The van der Waals surface area contributed by atoms with Crippen LogP contribution in [0, 0.1) is 45.0 Å². The van der Waals surface area contributed by atoms with E-state index >= 15 is 0 Å². The Morgan fingerprint density at radius 3 is 2.23 bits per heavy atom. The van der Waals surface area contributed by atoms with Gasteiger partial charge in [0.1, 0.15) is 0 Å². The molecule has 0 atom stereocenters. The van der Waals surface area contributed by atoms with E-state index in [0.717, 1.165) is 44.6 Å². The molecule has 3 aromatic carbocycles. The fourth-order valence-electron chi connectivity index (χ4n) is 3.91. The van der Waals surface area contributed by atoms with Crippen LogP contribution in [0.5, 0.6) is 0 Å². The molecule has 0 aliphatic heterocycles. The third-order valence-electron chi connectivity index (χ3n) is 5.35. The maximum absolute atomic E-state index is 9.24. The molecule has 0 aliphatic carbocycles. The largest absolute Gasteiger partial charge is 0.304 e. The van der Waals surface area contributed by atoms with Crippen LogP contribution in [0.3, 0.4) is 0 Å². The van der Waals surface area contributed by atoms with Crippen molar-refractivity contribution in [2.75, 3.05) is 0 Å². The molecule has 0 aliphatic rings. The average molecular weight is 583 g/mol. The predicted molar refractivity (Wildman–Crippen MR) is 123 cm³/mol. The summed E-state index contributed by atoms with van der Waals surface area (Å²) in [5.74, 6) is 0. The summed E-state index contributed by atoms with van der Waals surface area (Å²) in [6.45, 7) is 3.80. The number of nitriles is 1. The first-order valence-electron chi connectivity index (χ1n) is 11.3. The molecule has 4 rings (SSSR count). The van der Waals surface area contributed by atoms with Crippen LogP contribution in [-0.4, -0.2) is 4.98 Å². The zero-order valence-corrected chi connectivity index (χ0v) is 20.0. The molecule has 0 unspecified atom stereocenters. The Bertz CT molecular complexity index is 1360. The van der Waals surface area contributed by atoms with Crippen molar-refractivity contribution in [1.29, 1.82) is 5.26 Å². The quantitative estimate of drug-likeness (QED) is 0.244. The molecule has 0 bridgehead atoms. The summed E-state index contributed by atoms with van der Waals surface area (Å²) < 4.78 is 23.8. The van der Waals surface area contributed by atoms with Crippen molar-refractivity contribution in [3.8, 4) is 39.6 Å². The minimum Gasteiger partial charge on any atom is -0.304 e. The number of hydrogen-bond acceptors (Lipinski definition) is 2. The van der Waals surface area contributed by atoms with Gasteiger partial charge >= 0.3 is 0 Å². The third kappa shape index (κ3) is 4.52. The van der Waals surface area contributed by atoms with Crippen LogP contribution >= 0.6 is 0 Å². The minimum atomic E-state index is -2.24. The molecule has 31 heavy (non-hydrogen) atoms. The maximum atomic E-state index is 9.24. The van der Waals surface area contributed by atoms with E-state index < -0.39 is 6.85 Å². The number of hydrogen-bond donors (Lipinski definition) is 0. The van der Waals surface area contributed by atoms with Gasteiger partial charge in [-0.1, -0.05) is 48.8 Å². The topological polar surface area (TPSA) is 36.7 Å². The van der Waals surface area contributed by atoms with Crippen molar-refractivity contribution in [1.82, 2.24) is 4.98 Å². The number of aryl methyl sites for hydroxylation is 4. The smallest absolute Gasteiger partial charge is 0.0991 e. The summed E-state index contributed by atoms with van der Waals surface area (Å²) in [5, 5.41) is 9.24. The first-order chi connectivity index (χ1) is 15.7. The van der Waals surface area contributed by atoms with Crippen LogP contribution in [-0.2, 0) is 20.1 Å². The molecule has 4 aromatic rings. The predicted octanol–water partition coefficient (Wildman–Crippen LogP) is 6.99. The van der Waals surface area contributed by atoms with E-state index in [1.807, 2.05) is 81.6 Å². The molecular formula is C28H23IrN2-. The summed E-state index contributed by atoms with van der Waals surface area (Å²) in [6, 6.07) is 24.1. The summed E-state index contributed by atoms with van der Waals surface area (Å²) in [5.41, 5.74) is 9.10. The Labute approximate surface area is 202 Å². The Morgan fingerprint density at radius 1 is 0.903 bits per heavy atom. The summed E-state index contributed by atoms with van der Waals surface area (Å²) in [7, 11) is 0. The van der Waals surface area contributed by atoms with Crippen molar-refractivity contribution in [3.63, 3.8) is 0 Å². The van der Waals surface area contributed by atoms with E-state index in [9.17, 15) is 5.26 Å². The Hall–Kier alpha value is -3.05. The number of aromatic nitrogens is 1. The zero-order chi connectivity index (χ0) is 23.8. The van der Waals surface area contributed by atoms with Crippen LogP contribution in [0.4, 0.5) is 0 Å². The van der Waals surface area contributed by atoms with Crippen LogP contribution in [0.2, 0.25) is 0 Å². The normalized spacial score (nSPS) is 12.1. The molecule has 1 heterocycles. The molecular weight excluding hydrogens is 557 g/mol. The Balaban J connectivity index is 0.00000324. The van der Waals surface area contributed by atoms with Gasteiger partial charge in [0.15, 0.2) is 0 Å². The van der Waals surface area contributed by atoms with Crippen molar-refractivity contribution in [3.05, 3.63) is 101 Å². The monoisotopic (exact) mass is 583 g/mol. The number of pyridine rings is 1. The second-order valence-electron chi connectivity index (χ2n) is 7.52. The van der Waals surface area contributed by atoms with Gasteiger partial charge in [0.25, 0.3) is 0 Å². The summed E-state index contributed by atoms with van der Waals surface area (Å²) in [4.78, 5) is 4.70. The van der Waals surface area contributed by atoms with E-state index in [-0.39, 0.29) is 25.7 Å². The zero-order valence-electron chi connectivity index (χ0n) is 20.6. The van der Waals surface area contributed by atoms with Crippen molar-refractivity contribution < 1.29 is 24.2 Å². The van der Waals surface area contributed by atoms with Gasteiger partial charge in [-0.2, -0.15) is 5.26 Å². The average Bonchev–Trinajstić information content (AvgIpc) is 2.79. The van der Waals surface area contributed by atoms with Crippen LogP contribution in [0.15, 0.2) is 66.9 Å². The van der Waals surface area contributed by atoms with Gasteiger partial charge in [-0.05, 0) is 66.4 Å². The molecule has 0 saturated heterocycles. The van der Waals surface area contributed by atoms with Gasteiger partial charge in [-0.15, -0.1) is 29.3 Å². The van der Waals surface area contributed by atoms with Gasteiger partial charge in [0.05, 0.1) is 11.6 Å². The first kappa shape index (κ1) is 18.7. The Morgan fingerprint density at radius 2 is 1.61 bits per heavy atom. The Kier molecular flexibility index (Phi) is 5.67. The SMILES string of the molecule is [2H]C([2H])([2H])c1c[c-]c(-c2cc(C)c(-c3c(C)cc(C#N)cc3C)cn2)cc1-c1ccccc1.[Ir]. The van der Waals surface area contributed by atoms with Gasteiger partial charge in [0.2, 0.25) is 0 Å². The molecule has 3 heteroatoms. The first-order valence-corrected chi connectivity index (χ1v) is 9.79. The summed E-state index contributed by atoms with van der Waals surface area (Å²) >= 11 is 0. The summed E-state index contributed by atoms with van der Waals surface area (Å²) in [6.07, 6.45) is 1.85. The molecule has 155 valence electrons. The molecule has 0 fully saturated rings. The minimum absolute atomic E-state index is 0. The van der Waals surface area contributed by atoms with Crippen molar-refractivity contribution in [2.45, 2.75) is 27.6 Å². The van der Waals surface area contributed by atoms with Crippen LogP contribution in [0.25, 0.3) is 33.5 Å². The second-order valence-corrected chi connectivity index (χ2v) is 7.52. The molecule has 0 spiro atoms. The van der Waals surface area contributed by atoms with Gasteiger partial charge in [-0.25, -0.2) is 0 Å². The molecule has 0 N–H and O–H groups in total. The molecule has 0 saturated carbocycles. The van der Waals surface area contributed by atoms with Gasteiger partial charge < -0.3 is 4.98 Å². The number of rotatable bonds is 3. The van der Waals surface area contributed by atoms with Crippen LogP contribution < -0.4 is 0 Å². The van der Waals surface area contributed by atoms with E-state index in [0.29, 0.717) is 11.1 Å². The molecule has 2 nitrogen and oxygen atoms in total. The molecule has 1 radical (unpaired) electrons. The van der Waals surface area contributed by atoms with E-state index in [4.69, 9.17) is 9.10 Å². The molecule has 0 amide bonds. The number of nitrogens with zero attached hydrogens (tertiary/aromatic N) is 2.